The van der Waals surface area contributed by atoms with E-state index in [-0.39, 0.29) is 39.9 Å². The minimum Gasteiger partial charge on any atom is -0.343 e. The molecule has 10 nitrogen and oxygen atoms in total. The van der Waals surface area contributed by atoms with Crippen molar-refractivity contribution in [2.24, 2.45) is 0 Å². The molecule has 2 aliphatic rings. The second-order valence-electron chi connectivity index (χ2n) is 10.8. The molecule has 0 radical (unpaired) electrons. The largest absolute Gasteiger partial charge is 0.343 e. The highest BCUT2D eigenvalue weighted by Crippen LogP contribution is 2.23. The van der Waals surface area contributed by atoms with Crippen LogP contribution in [0, 0.1) is 0 Å². The molecule has 11 heteroatoms. The SMILES string of the molecule is O=C(NCC(=O)N1CCN(CCN2CCCC2)CC1)c1ccc(S(=O)(=O)Nc2ccccc2C(=O)c2ccccc2)cc1. The highest BCUT2D eigenvalue weighted by atomic mass is 32.2. The van der Waals surface area contributed by atoms with Gasteiger partial charge in [0.2, 0.25) is 5.91 Å². The van der Waals surface area contributed by atoms with Crippen molar-refractivity contribution in [1.29, 1.82) is 0 Å². The number of para-hydroxylation sites is 1. The Labute approximate surface area is 252 Å². The van der Waals surface area contributed by atoms with Gasteiger partial charge in [-0.15, -0.1) is 0 Å². The van der Waals surface area contributed by atoms with Crippen LogP contribution in [0.5, 0.6) is 0 Å². The Hall–Kier alpha value is -4.06. The molecule has 0 aromatic heterocycles. The second kappa shape index (κ2) is 13.9. The highest BCUT2D eigenvalue weighted by molar-refractivity contribution is 7.92. The number of carbonyl (C=O) groups excluding carboxylic acids is 3. The Morgan fingerprint density at radius 3 is 1.95 bits per heavy atom. The molecular weight excluding hydrogens is 566 g/mol. The van der Waals surface area contributed by atoms with Crippen LogP contribution in [0.3, 0.4) is 0 Å². The molecule has 5 rings (SSSR count). The maximum absolute atomic E-state index is 13.1. The summed E-state index contributed by atoms with van der Waals surface area (Å²) in [6.07, 6.45) is 2.56. The van der Waals surface area contributed by atoms with E-state index in [9.17, 15) is 22.8 Å². The van der Waals surface area contributed by atoms with Crippen molar-refractivity contribution >= 4 is 33.3 Å². The van der Waals surface area contributed by atoms with Crippen LogP contribution in [0.25, 0.3) is 0 Å². The Kier molecular flexibility index (Phi) is 9.86. The normalized spacial score (nSPS) is 16.1. The Bertz CT molecular complexity index is 1530. The van der Waals surface area contributed by atoms with E-state index in [1.54, 1.807) is 53.4 Å². The molecule has 0 unspecified atom stereocenters. The summed E-state index contributed by atoms with van der Waals surface area (Å²) in [6.45, 7) is 7.23. The van der Waals surface area contributed by atoms with Gasteiger partial charge in [-0.1, -0.05) is 42.5 Å². The third-order valence-electron chi connectivity index (χ3n) is 7.94. The van der Waals surface area contributed by atoms with Crippen LogP contribution in [-0.2, 0) is 14.8 Å². The molecule has 2 heterocycles. The Balaban J connectivity index is 1.12. The van der Waals surface area contributed by atoms with Crippen molar-refractivity contribution in [2.45, 2.75) is 17.7 Å². The van der Waals surface area contributed by atoms with Gasteiger partial charge >= 0.3 is 0 Å². The van der Waals surface area contributed by atoms with Crippen molar-refractivity contribution in [1.82, 2.24) is 20.0 Å². The lowest BCUT2D eigenvalue weighted by Gasteiger charge is -2.35. The summed E-state index contributed by atoms with van der Waals surface area (Å²) in [5, 5.41) is 2.65. The number of ketones is 1. The van der Waals surface area contributed by atoms with Crippen LogP contribution in [0.1, 0.15) is 39.1 Å². The van der Waals surface area contributed by atoms with Gasteiger partial charge in [0.15, 0.2) is 5.78 Å². The number of amides is 2. The van der Waals surface area contributed by atoms with Gasteiger partial charge in [0.05, 0.1) is 17.1 Å². The first-order valence-corrected chi connectivity index (χ1v) is 16.1. The van der Waals surface area contributed by atoms with Gasteiger partial charge in [-0.2, -0.15) is 0 Å². The van der Waals surface area contributed by atoms with Gasteiger partial charge in [0, 0.05) is 56.0 Å². The van der Waals surface area contributed by atoms with Crippen molar-refractivity contribution in [3.05, 3.63) is 95.6 Å². The maximum atomic E-state index is 13.1. The zero-order chi connectivity index (χ0) is 30.2. The molecule has 0 atom stereocenters. The number of benzene rings is 3. The summed E-state index contributed by atoms with van der Waals surface area (Å²) in [4.78, 5) is 45.0. The van der Waals surface area contributed by atoms with Crippen LogP contribution < -0.4 is 10.0 Å². The molecule has 3 aromatic rings. The minimum absolute atomic E-state index is 0.0651. The number of hydrogen-bond donors (Lipinski definition) is 2. The molecule has 43 heavy (non-hydrogen) atoms. The number of rotatable bonds is 11. The number of anilines is 1. The van der Waals surface area contributed by atoms with Gasteiger partial charge in [-0.05, 0) is 62.3 Å². The maximum Gasteiger partial charge on any atom is 0.261 e. The fourth-order valence-corrected chi connectivity index (χ4v) is 6.46. The lowest BCUT2D eigenvalue weighted by atomic mass is 10.0. The van der Waals surface area contributed by atoms with E-state index in [0.29, 0.717) is 18.7 Å². The summed E-state index contributed by atoms with van der Waals surface area (Å²) in [5.74, 6) is -0.909. The number of nitrogens with zero attached hydrogens (tertiary/aromatic N) is 3. The third-order valence-corrected chi connectivity index (χ3v) is 9.32. The topological polar surface area (TPSA) is 119 Å². The van der Waals surface area contributed by atoms with E-state index < -0.39 is 15.9 Å². The van der Waals surface area contributed by atoms with E-state index in [0.717, 1.165) is 26.2 Å². The molecule has 2 saturated heterocycles. The molecule has 2 aliphatic heterocycles. The van der Waals surface area contributed by atoms with Gasteiger partial charge in [-0.3, -0.25) is 24.0 Å². The van der Waals surface area contributed by atoms with Crippen LogP contribution in [0.4, 0.5) is 5.69 Å². The summed E-state index contributed by atoms with van der Waals surface area (Å²) in [7, 11) is -4.05. The lowest BCUT2D eigenvalue weighted by Crippen LogP contribution is -2.52. The monoisotopic (exact) mass is 603 g/mol. The van der Waals surface area contributed by atoms with Gasteiger partial charge in [0.25, 0.3) is 15.9 Å². The fraction of sp³-hybridized carbons (Fsp3) is 0.344. The Morgan fingerprint density at radius 2 is 1.28 bits per heavy atom. The predicted octanol–water partition coefficient (Wildman–Crippen LogP) is 2.69. The number of carbonyl (C=O) groups is 3. The predicted molar refractivity (Wildman–Crippen MR) is 165 cm³/mol. The molecule has 0 bridgehead atoms. The van der Waals surface area contributed by atoms with Crippen LogP contribution in [-0.4, -0.2) is 99.6 Å². The average molecular weight is 604 g/mol. The molecule has 2 fully saturated rings. The second-order valence-corrected chi connectivity index (χ2v) is 12.5. The van der Waals surface area contributed by atoms with E-state index in [1.165, 1.54) is 56.3 Å². The highest BCUT2D eigenvalue weighted by Gasteiger charge is 2.23. The van der Waals surface area contributed by atoms with E-state index >= 15 is 0 Å². The number of hydrogen-bond acceptors (Lipinski definition) is 7. The molecule has 0 aliphatic carbocycles. The van der Waals surface area contributed by atoms with Crippen molar-refractivity contribution in [3.63, 3.8) is 0 Å². The zero-order valence-corrected chi connectivity index (χ0v) is 24.9. The van der Waals surface area contributed by atoms with Gasteiger partial charge in [-0.25, -0.2) is 8.42 Å². The first-order valence-electron chi connectivity index (χ1n) is 14.6. The smallest absolute Gasteiger partial charge is 0.261 e. The van der Waals surface area contributed by atoms with Crippen molar-refractivity contribution < 1.29 is 22.8 Å². The fourth-order valence-electron chi connectivity index (χ4n) is 5.38. The van der Waals surface area contributed by atoms with Crippen molar-refractivity contribution in [3.8, 4) is 0 Å². The van der Waals surface area contributed by atoms with Crippen molar-refractivity contribution in [2.75, 3.05) is 63.6 Å². The van der Waals surface area contributed by atoms with Gasteiger partial charge < -0.3 is 15.1 Å². The van der Waals surface area contributed by atoms with Crippen LogP contribution >= 0.6 is 0 Å². The molecular formula is C32H37N5O5S. The molecule has 226 valence electrons. The Morgan fingerprint density at radius 1 is 0.674 bits per heavy atom. The molecule has 0 saturated carbocycles. The summed E-state index contributed by atoms with van der Waals surface area (Å²) in [5.41, 5.74) is 1.06. The minimum atomic E-state index is -4.05. The number of nitrogens with one attached hydrogen (secondary N) is 2. The number of likely N-dealkylation sites (tertiary alicyclic amines) is 1. The van der Waals surface area contributed by atoms with E-state index in [1.807, 2.05) is 0 Å². The average Bonchev–Trinajstić information content (AvgIpc) is 3.57. The first-order chi connectivity index (χ1) is 20.8. The summed E-state index contributed by atoms with van der Waals surface area (Å²) in [6, 6.07) is 20.5. The molecule has 0 spiro atoms. The number of sulfonamides is 1. The van der Waals surface area contributed by atoms with E-state index in [4.69, 9.17) is 0 Å². The quantitative estimate of drug-likeness (QED) is 0.324. The third kappa shape index (κ3) is 7.86. The van der Waals surface area contributed by atoms with E-state index in [2.05, 4.69) is 19.8 Å². The zero-order valence-electron chi connectivity index (χ0n) is 24.1. The lowest BCUT2D eigenvalue weighted by molar-refractivity contribution is -0.131. The molecule has 2 N–H and O–H groups in total. The standard InChI is InChI=1S/C32H37N5O5S/c38-30(37-22-20-36(21-23-37)19-18-35-16-6-7-17-35)24-33-32(40)26-12-14-27(15-13-26)43(41,42)34-29-11-5-4-10-28(29)31(39)25-8-2-1-3-9-25/h1-5,8-15,34H,6-7,16-24H2,(H,33,40). The molecule has 3 aromatic carbocycles. The molecule has 2 amide bonds. The summed E-state index contributed by atoms with van der Waals surface area (Å²) >= 11 is 0. The van der Waals surface area contributed by atoms with Gasteiger partial charge in [0.1, 0.15) is 0 Å². The summed E-state index contributed by atoms with van der Waals surface area (Å²) < 4.78 is 28.8. The first kappa shape index (κ1) is 30.4. The van der Waals surface area contributed by atoms with Crippen LogP contribution in [0.2, 0.25) is 0 Å². The van der Waals surface area contributed by atoms with Crippen LogP contribution in [0.15, 0.2) is 83.8 Å². The number of piperazine rings is 1.